The number of rotatable bonds is 6. The van der Waals surface area contributed by atoms with Gasteiger partial charge in [-0.15, -0.1) is 0 Å². The summed E-state index contributed by atoms with van der Waals surface area (Å²) in [7, 11) is 0. The zero-order valence-corrected chi connectivity index (χ0v) is 12.3. The molecule has 1 aromatic carbocycles. The second-order valence-corrected chi connectivity index (χ2v) is 5.81. The molecular weight excluding hydrogens is 292 g/mol. The number of hydrogen-bond donors (Lipinski definition) is 2. The molecule has 2 heterocycles. The molecule has 5 nitrogen and oxygen atoms in total. The highest BCUT2D eigenvalue weighted by Crippen LogP contribution is 2.23. The summed E-state index contributed by atoms with van der Waals surface area (Å²) in [5.41, 5.74) is 1.82. The number of aliphatic hydroxyl groups is 1. The summed E-state index contributed by atoms with van der Waals surface area (Å²) in [6, 6.07) is 9.56. The van der Waals surface area contributed by atoms with Gasteiger partial charge in [0.15, 0.2) is 5.76 Å². The van der Waals surface area contributed by atoms with Crippen LogP contribution in [-0.2, 0) is 24.3 Å². The van der Waals surface area contributed by atoms with Crippen molar-refractivity contribution in [3.05, 3.63) is 52.4 Å². The van der Waals surface area contributed by atoms with Gasteiger partial charge in [0.05, 0.1) is 24.4 Å². The molecule has 0 unspecified atom stereocenters. The second kappa shape index (κ2) is 6.15. The number of ether oxygens (including phenoxy) is 1. The molecule has 0 amide bonds. The Bertz CT molecular complexity index is 610. The molecule has 1 aromatic heterocycles. The maximum absolute atomic E-state index is 9.01. The van der Waals surface area contributed by atoms with Crippen LogP contribution >= 0.6 is 11.6 Å². The SMILES string of the molecule is OCc1cc(CC2(NCc3cccc(Cl)c3)COC2)no1. The summed E-state index contributed by atoms with van der Waals surface area (Å²) < 4.78 is 10.4. The molecule has 0 bridgehead atoms. The first-order valence-electron chi connectivity index (χ1n) is 6.82. The molecule has 0 aliphatic carbocycles. The Morgan fingerprint density at radius 3 is 2.81 bits per heavy atom. The lowest BCUT2D eigenvalue weighted by atomic mass is 9.91. The van der Waals surface area contributed by atoms with Crippen molar-refractivity contribution in [1.82, 2.24) is 10.5 Å². The Morgan fingerprint density at radius 2 is 2.19 bits per heavy atom. The van der Waals surface area contributed by atoms with E-state index in [0.717, 1.165) is 16.3 Å². The van der Waals surface area contributed by atoms with Gasteiger partial charge in [-0.2, -0.15) is 0 Å². The Kier molecular flexibility index (Phi) is 4.26. The van der Waals surface area contributed by atoms with Crippen LogP contribution in [0.15, 0.2) is 34.9 Å². The molecular formula is C15H17ClN2O3. The van der Waals surface area contributed by atoms with E-state index in [0.29, 0.717) is 31.9 Å². The monoisotopic (exact) mass is 308 g/mol. The average Bonchev–Trinajstić information content (AvgIpc) is 2.89. The molecule has 6 heteroatoms. The Labute approximate surface area is 127 Å². The number of nitrogens with one attached hydrogen (secondary N) is 1. The van der Waals surface area contributed by atoms with Crippen molar-refractivity contribution in [3.63, 3.8) is 0 Å². The van der Waals surface area contributed by atoms with Gasteiger partial charge in [-0.1, -0.05) is 28.9 Å². The summed E-state index contributed by atoms with van der Waals surface area (Å²) in [6.45, 7) is 1.85. The molecule has 0 atom stereocenters. The molecule has 3 rings (SSSR count). The number of nitrogens with zero attached hydrogens (tertiary/aromatic N) is 1. The zero-order valence-electron chi connectivity index (χ0n) is 11.5. The average molecular weight is 309 g/mol. The largest absolute Gasteiger partial charge is 0.388 e. The van der Waals surface area contributed by atoms with Crippen molar-refractivity contribution in [2.45, 2.75) is 25.1 Å². The molecule has 21 heavy (non-hydrogen) atoms. The van der Waals surface area contributed by atoms with Gasteiger partial charge in [0.25, 0.3) is 0 Å². The smallest absolute Gasteiger partial charge is 0.162 e. The fraction of sp³-hybridized carbons (Fsp3) is 0.400. The van der Waals surface area contributed by atoms with E-state index in [4.69, 9.17) is 26.0 Å². The van der Waals surface area contributed by atoms with Crippen LogP contribution in [0.4, 0.5) is 0 Å². The highest BCUT2D eigenvalue weighted by Gasteiger charge is 2.39. The van der Waals surface area contributed by atoms with E-state index in [-0.39, 0.29) is 12.1 Å². The van der Waals surface area contributed by atoms with E-state index < -0.39 is 0 Å². The first kappa shape index (κ1) is 14.5. The summed E-state index contributed by atoms with van der Waals surface area (Å²) in [4.78, 5) is 0. The van der Waals surface area contributed by atoms with Gasteiger partial charge in [-0.05, 0) is 17.7 Å². The Morgan fingerprint density at radius 1 is 1.33 bits per heavy atom. The fourth-order valence-electron chi connectivity index (χ4n) is 2.41. The molecule has 0 radical (unpaired) electrons. The molecule has 1 fully saturated rings. The molecule has 2 N–H and O–H groups in total. The van der Waals surface area contributed by atoms with E-state index in [2.05, 4.69) is 10.5 Å². The quantitative estimate of drug-likeness (QED) is 0.853. The third-order valence-electron chi connectivity index (χ3n) is 3.60. The summed E-state index contributed by atoms with van der Waals surface area (Å²) >= 11 is 5.99. The Balaban J connectivity index is 1.63. The molecule has 112 valence electrons. The predicted molar refractivity (Wildman–Crippen MR) is 78.0 cm³/mol. The van der Waals surface area contributed by atoms with Crippen LogP contribution in [0.25, 0.3) is 0 Å². The van der Waals surface area contributed by atoms with Crippen LogP contribution in [0.5, 0.6) is 0 Å². The summed E-state index contributed by atoms with van der Waals surface area (Å²) in [5.74, 6) is 0.482. The maximum atomic E-state index is 9.01. The van der Waals surface area contributed by atoms with Crippen molar-refractivity contribution in [2.24, 2.45) is 0 Å². The number of hydrogen-bond acceptors (Lipinski definition) is 5. The fourth-order valence-corrected chi connectivity index (χ4v) is 2.62. The number of aliphatic hydroxyl groups excluding tert-OH is 1. The first-order valence-corrected chi connectivity index (χ1v) is 7.19. The number of halogens is 1. The zero-order chi connectivity index (χ0) is 14.7. The molecule has 2 aromatic rings. The van der Waals surface area contributed by atoms with Crippen molar-refractivity contribution in [2.75, 3.05) is 13.2 Å². The van der Waals surface area contributed by atoms with Gasteiger partial charge < -0.3 is 19.7 Å². The van der Waals surface area contributed by atoms with Gasteiger partial charge in [0.1, 0.15) is 6.61 Å². The second-order valence-electron chi connectivity index (χ2n) is 5.38. The minimum atomic E-state index is -0.133. The number of benzene rings is 1. The van der Waals surface area contributed by atoms with Gasteiger partial charge in [0.2, 0.25) is 0 Å². The van der Waals surface area contributed by atoms with Gasteiger partial charge in [-0.3, -0.25) is 0 Å². The van der Waals surface area contributed by atoms with Crippen LogP contribution in [0.1, 0.15) is 17.0 Å². The molecule has 0 spiro atoms. The first-order chi connectivity index (χ1) is 10.2. The lowest BCUT2D eigenvalue weighted by Crippen LogP contribution is -2.61. The Hall–Kier alpha value is -1.40. The molecule has 0 saturated carbocycles. The molecule has 1 aliphatic rings. The third-order valence-corrected chi connectivity index (χ3v) is 3.83. The van der Waals surface area contributed by atoms with Gasteiger partial charge >= 0.3 is 0 Å². The molecule has 1 saturated heterocycles. The normalized spacial score (nSPS) is 16.7. The van der Waals surface area contributed by atoms with E-state index >= 15 is 0 Å². The summed E-state index contributed by atoms with van der Waals surface area (Å²) in [6.07, 6.45) is 0.705. The van der Waals surface area contributed by atoms with Crippen molar-refractivity contribution in [1.29, 1.82) is 0 Å². The highest BCUT2D eigenvalue weighted by molar-refractivity contribution is 6.30. The van der Waals surface area contributed by atoms with Crippen LogP contribution in [-0.4, -0.2) is 29.0 Å². The molecule has 1 aliphatic heterocycles. The van der Waals surface area contributed by atoms with E-state index in [9.17, 15) is 0 Å². The minimum Gasteiger partial charge on any atom is -0.388 e. The van der Waals surface area contributed by atoms with Gasteiger partial charge in [-0.25, -0.2) is 0 Å². The van der Waals surface area contributed by atoms with E-state index in [1.807, 2.05) is 24.3 Å². The highest BCUT2D eigenvalue weighted by atomic mass is 35.5. The van der Waals surface area contributed by atoms with Crippen LogP contribution in [0.2, 0.25) is 5.02 Å². The van der Waals surface area contributed by atoms with Crippen molar-refractivity contribution < 1.29 is 14.4 Å². The van der Waals surface area contributed by atoms with Crippen LogP contribution in [0, 0.1) is 0 Å². The van der Waals surface area contributed by atoms with Crippen molar-refractivity contribution in [3.8, 4) is 0 Å². The number of aromatic nitrogens is 1. The van der Waals surface area contributed by atoms with E-state index in [1.165, 1.54) is 0 Å². The maximum Gasteiger partial charge on any atom is 0.162 e. The minimum absolute atomic E-state index is 0.132. The summed E-state index contributed by atoms with van der Waals surface area (Å²) in [5, 5.41) is 17.2. The van der Waals surface area contributed by atoms with Gasteiger partial charge in [0, 0.05) is 24.1 Å². The van der Waals surface area contributed by atoms with E-state index in [1.54, 1.807) is 6.07 Å². The topological polar surface area (TPSA) is 67.5 Å². The van der Waals surface area contributed by atoms with Crippen molar-refractivity contribution >= 4 is 11.6 Å². The third kappa shape index (κ3) is 3.44. The van der Waals surface area contributed by atoms with Crippen LogP contribution < -0.4 is 5.32 Å². The lowest BCUT2D eigenvalue weighted by Gasteiger charge is -2.42. The standard InChI is InChI=1S/C15H17ClN2O3/c16-12-3-1-2-11(4-12)7-17-15(9-20-10-15)6-13-5-14(8-19)21-18-13/h1-5,17,19H,6-10H2. The lowest BCUT2D eigenvalue weighted by molar-refractivity contribution is -0.0755. The van der Waals surface area contributed by atoms with Crippen LogP contribution in [0.3, 0.4) is 0 Å². The predicted octanol–water partition coefficient (Wildman–Crippen LogP) is 1.92.